The second-order valence-electron chi connectivity index (χ2n) is 4.52. The summed E-state index contributed by atoms with van der Waals surface area (Å²) in [4.78, 5) is 13.5. The molecule has 1 N–H and O–H groups in total. The first-order valence-electron chi connectivity index (χ1n) is 5.45. The third-order valence-corrected chi connectivity index (χ3v) is 2.98. The zero-order valence-electron chi connectivity index (χ0n) is 9.36. The monoisotopic (exact) mass is 199 g/mol. The Balaban J connectivity index is 2.27. The smallest absolute Gasteiger partial charge is 0.225 e. The topological polar surface area (TPSA) is 40.5 Å². The van der Waals surface area contributed by atoms with Crippen molar-refractivity contribution in [2.75, 3.05) is 13.6 Å². The summed E-state index contributed by atoms with van der Waals surface area (Å²) < 4.78 is 0. The van der Waals surface area contributed by atoms with Gasteiger partial charge in [-0.2, -0.15) is 0 Å². The van der Waals surface area contributed by atoms with E-state index in [2.05, 4.69) is 0 Å². The Bertz CT molecular complexity index is 199. The third kappa shape index (κ3) is 3.29. The maximum Gasteiger partial charge on any atom is 0.225 e. The minimum atomic E-state index is -0.318. The summed E-state index contributed by atoms with van der Waals surface area (Å²) in [6, 6.07) is 0. The van der Waals surface area contributed by atoms with Gasteiger partial charge >= 0.3 is 0 Å². The molecule has 1 rings (SSSR count). The Labute approximate surface area is 86.1 Å². The Hall–Kier alpha value is -0.570. The minimum absolute atomic E-state index is 0.175. The van der Waals surface area contributed by atoms with Gasteiger partial charge in [0.05, 0.1) is 6.10 Å². The Kier molecular flexibility index (Phi) is 3.93. The fourth-order valence-electron chi connectivity index (χ4n) is 1.64. The van der Waals surface area contributed by atoms with Crippen LogP contribution >= 0.6 is 0 Å². The minimum Gasteiger partial charge on any atom is -0.393 e. The van der Waals surface area contributed by atoms with E-state index in [1.807, 2.05) is 14.0 Å². The SMILES string of the molecule is CC(O)CCN(C)C(=O)C(C)C1CC1. The molecule has 3 heteroatoms. The predicted molar refractivity (Wildman–Crippen MR) is 55.8 cm³/mol. The summed E-state index contributed by atoms with van der Waals surface area (Å²) in [5.41, 5.74) is 0. The van der Waals surface area contributed by atoms with Gasteiger partial charge in [-0.25, -0.2) is 0 Å². The van der Waals surface area contributed by atoms with Crippen molar-refractivity contribution in [2.45, 2.75) is 39.2 Å². The predicted octanol–water partition coefficient (Wildman–Crippen LogP) is 1.26. The second-order valence-corrected chi connectivity index (χ2v) is 4.52. The van der Waals surface area contributed by atoms with E-state index in [0.717, 1.165) is 0 Å². The molecule has 14 heavy (non-hydrogen) atoms. The number of hydrogen-bond acceptors (Lipinski definition) is 2. The summed E-state index contributed by atoms with van der Waals surface area (Å²) in [6.45, 7) is 4.43. The molecule has 0 aliphatic heterocycles. The van der Waals surface area contributed by atoms with Crippen LogP contribution in [0, 0.1) is 11.8 Å². The van der Waals surface area contributed by atoms with Gasteiger partial charge in [0.15, 0.2) is 0 Å². The number of rotatable bonds is 5. The van der Waals surface area contributed by atoms with Crippen molar-refractivity contribution in [3.05, 3.63) is 0 Å². The fraction of sp³-hybridized carbons (Fsp3) is 0.909. The Morgan fingerprint density at radius 2 is 2.07 bits per heavy atom. The number of aliphatic hydroxyl groups is 1. The zero-order valence-corrected chi connectivity index (χ0v) is 9.36. The third-order valence-electron chi connectivity index (χ3n) is 2.98. The number of hydrogen-bond donors (Lipinski definition) is 1. The lowest BCUT2D eigenvalue weighted by Crippen LogP contribution is -2.34. The number of carbonyl (C=O) groups excluding carboxylic acids is 1. The van der Waals surface area contributed by atoms with Gasteiger partial charge in [0.1, 0.15) is 0 Å². The molecule has 0 heterocycles. The molecule has 0 aromatic rings. The molecule has 0 aromatic heterocycles. The van der Waals surface area contributed by atoms with E-state index in [1.54, 1.807) is 11.8 Å². The first-order chi connectivity index (χ1) is 6.52. The normalized spacial score (nSPS) is 20.3. The van der Waals surface area contributed by atoms with Crippen molar-refractivity contribution in [3.8, 4) is 0 Å². The average Bonchev–Trinajstić information content (AvgIpc) is 2.94. The van der Waals surface area contributed by atoms with Crippen molar-refractivity contribution in [3.63, 3.8) is 0 Å². The number of carbonyl (C=O) groups is 1. The standard InChI is InChI=1S/C11H21NO2/c1-8(13)6-7-12(3)11(14)9(2)10-4-5-10/h8-10,13H,4-7H2,1-3H3. The highest BCUT2D eigenvalue weighted by Gasteiger charge is 2.33. The van der Waals surface area contributed by atoms with E-state index in [-0.39, 0.29) is 17.9 Å². The molecule has 1 fully saturated rings. The highest BCUT2D eigenvalue weighted by Crippen LogP contribution is 2.37. The molecule has 0 spiro atoms. The largest absolute Gasteiger partial charge is 0.393 e. The molecule has 0 aromatic carbocycles. The highest BCUT2D eigenvalue weighted by atomic mass is 16.3. The average molecular weight is 199 g/mol. The van der Waals surface area contributed by atoms with Crippen LogP contribution in [0.1, 0.15) is 33.1 Å². The first-order valence-corrected chi connectivity index (χ1v) is 5.45. The molecule has 3 nitrogen and oxygen atoms in total. The lowest BCUT2D eigenvalue weighted by Gasteiger charge is -2.21. The van der Waals surface area contributed by atoms with E-state index in [4.69, 9.17) is 5.11 Å². The number of amides is 1. The quantitative estimate of drug-likeness (QED) is 0.724. The van der Waals surface area contributed by atoms with Crippen LogP contribution in [0.3, 0.4) is 0 Å². The van der Waals surface area contributed by atoms with E-state index in [1.165, 1.54) is 12.8 Å². The number of aliphatic hydroxyl groups excluding tert-OH is 1. The summed E-state index contributed by atoms with van der Waals surface area (Å²) >= 11 is 0. The van der Waals surface area contributed by atoms with Crippen LogP contribution in [0.4, 0.5) is 0 Å². The molecule has 1 aliphatic rings. The molecule has 0 saturated heterocycles. The molecular weight excluding hydrogens is 178 g/mol. The molecule has 1 saturated carbocycles. The van der Waals surface area contributed by atoms with Gasteiger partial charge in [-0.1, -0.05) is 6.92 Å². The zero-order chi connectivity index (χ0) is 10.7. The first kappa shape index (κ1) is 11.5. The van der Waals surface area contributed by atoms with Gasteiger partial charge in [0, 0.05) is 19.5 Å². The molecular formula is C11H21NO2. The maximum absolute atomic E-state index is 11.8. The maximum atomic E-state index is 11.8. The van der Waals surface area contributed by atoms with Gasteiger partial charge < -0.3 is 10.0 Å². The van der Waals surface area contributed by atoms with Gasteiger partial charge in [-0.05, 0) is 32.1 Å². The molecule has 1 aliphatic carbocycles. The van der Waals surface area contributed by atoms with Gasteiger partial charge in [-0.15, -0.1) is 0 Å². The summed E-state index contributed by atoms with van der Waals surface area (Å²) in [7, 11) is 1.82. The second kappa shape index (κ2) is 4.78. The lowest BCUT2D eigenvalue weighted by molar-refractivity contribution is -0.134. The van der Waals surface area contributed by atoms with E-state index in [0.29, 0.717) is 18.9 Å². The van der Waals surface area contributed by atoms with Gasteiger partial charge in [0.2, 0.25) is 5.91 Å². The fourth-order valence-corrected chi connectivity index (χ4v) is 1.64. The van der Waals surface area contributed by atoms with Gasteiger partial charge in [0.25, 0.3) is 0 Å². The van der Waals surface area contributed by atoms with Crippen LogP contribution in [0.25, 0.3) is 0 Å². The van der Waals surface area contributed by atoms with Crippen molar-refractivity contribution in [1.29, 1.82) is 0 Å². The van der Waals surface area contributed by atoms with Crippen molar-refractivity contribution in [2.24, 2.45) is 11.8 Å². The van der Waals surface area contributed by atoms with Crippen LogP contribution < -0.4 is 0 Å². The molecule has 0 bridgehead atoms. The molecule has 1 amide bonds. The Morgan fingerprint density at radius 3 is 2.50 bits per heavy atom. The van der Waals surface area contributed by atoms with E-state index >= 15 is 0 Å². The van der Waals surface area contributed by atoms with Crippen molar-refractivity contribution < 1.29 is 9.90 Å². The highest BCUT2D eigenvalue weighted by molar-refractivity contribution is 5.78. The van der Waals surface area contributed by atoms with Crippen LogP contribution in [0.5, 0.6) is 0 Å². The molecule has 2 unspecified atom stereocenters. The molecule has 82 valence electrons. The van der Waals surface area contributed by atoms with E-state index < -0.39 is 0 Å². The summed E-state index contributed by atoms with van der Waals surface area (Å²) in [5.74, 6) is 1.03. The van der Waals surface area contributed by atoms with Crippen molar-refractivity contribution >= 4 is 5.91 Å². The molecule has 2 atom stereocenters. The van der Waals surface area contributed by atoms with Crippen LogP contribution in [0.2, 0.25) is 0 Å². The van der Waals surface area contributed by atoms with Crippen LogP contribution in [-0.4, -0.2) is 35.6 Å². The number of nitrogens with zero attached hydrogens (tertiary/aromatic N) is 1. The van der Waals surface area contributed by atoms with Crippen LogP contribution in [0.15, 0.2) is 0 Å². The van der Waals surface area contributed by atoms with Crippen molar-refractivity contribution in [1.82, 2.24) is 4.90 Å². The summed E-state index contributed by atoms with van der Waals surface area (Å²) in [6.07, 6.45) is 2.76. The van der Waals surface area contributed by atoms with Gasteiger partial charge in [-0.3, -0.25) is 4.79 Å². The lowest BCUT2D eigenvalue weighted by atomic mass is 10.1. The van der Waals surface area contributed by atoms with E-state index in [9.17, 15) is 4.79 Å². The summed E-state index contributed by atoms with van der Waals surface area (Å²) in [5, 5.41) is 9.11. The molecule has 0 radical (unpaired) electrons. The van der Waals surface area contributed by atoms with Crippen LogP contribution in [-0.2, 0) is 4.79 Å². The Morgan fingerprint density at radius 1 is 1.50 bits per heavy atom.